The van der Waals surface area contributed by atoms with Gasteiger partial charge < -0.3 is 10.1 Å². The number of benzene rings is 2. The van der Waals surface area contributed by atoms with Gasteiger partial charge in [-0.05, 0) is 43.7 Å². The number of anilines is 1. The minimum absolute atomic E-state index is 0.0180. The molecule has 0 aliphatic carbocycles. The lowest BCUT2D eigenvalue weighted by atomic mass is 9.96. The second-order valence-electron chi connectivity index (χ2n) is 6.46. The van der Waals surface area contributed by atoms with Gasteiger partial charge in [-0.25, -0.2) is 0 Å². The highest BCUT2D eigenvalue weighted by Gasteiger charge is 2.27. The van der Waals surface area contributed by atoms with E-state index in [2.05, 4.69) is 10.2 Å². The van der Waals surface area contributed by atoms with E-state index in [-0.39, 0.29) is 11.8 Å². The van der Waals surface area contributed by atoms with Crippen molar-refractivity contribution in [2.45, 2.75) is 19.4 Å². The molecule has 0 bridgehead atoms. The first-order chi connectivity index (χ1) is 12.6. The summed E-state index contributed by atoms with van der Waals surface area (Å²) in [6, 6.07) is 13.0. The number of halogens is 2. The lowest BCUT2D eigenvalue weighted by molar-refractivity contribution is -0.121. The number of nitrogens with zero attached hydrogens (tertiary/aromatic N) is 1. The van der Waals surface area contributed by atoms with E-state index in [4.69, 9.17) is 27.9 Å². The van der Waals surface area contributed by atoms with Crippen LogP contribution in [0.1, 0.15) is 18.4 Å². The Morgan fingerprint density at radius 1 is 1.19 bits per heavy atom. The molecule has 1 aliphatic rings. The number of likely N-dealkylation sites (tertiary alicyclic amines) is 1. The van der Waals surface area contributed by atoms with Gasteiger partial charge in [0.2, 0.25) is 5.91 Å². The molecule has 4 nitrogen and oxygen atoms in total. The number of carbonyl (C=O) groups excluding carboxylic acids is 1. The predicted octanol–water partition coefficient (Wildman–Crippen LogP) is 4.85. The highest BCUT2D eigenvalue weighted by atomic mass is 35.5. The number of ether oxygens (including phenoxy) is 1. The van der Waals surface area contributed by atoms with Crippen molar-refractivity contribution < 1.29 is 9.53 Å². The Morgan fingerprint density at radius 3 is 2.65 bits per heavy atom. The number of nitrogens with one attached hydrogen (secondary N) is 1. The van der Waals surface area contributed by atoms with E-state index < -0.39 is 0 Å². The van der Waals surface area contributed by atoms with Crippen LogP contribution in [0.4, 0.5) is 5.69 Å². The third-order valence-corrected chi connectivity index (χ3v) is 5.39. The van der Waals surface area contributed by atoms with Gasteiger partial charge in [0, 0.05) is 28.7 Å². The fraction of sp³-hybridized carbons (Fsp3) is 0.350. The maximum absolute atomic E-state index is 12.7. The molecule has 1 aliphatic heterocycles. The topological polar surface area (TPSA) is 41.6 Å². The van der Waals surface area contributed by atoms with Gasteiger partial charge in [-0.15, -0.1) is 0 Å². The van der Waals surface area contributed by atoms with E-state index in [0.717, 1.165) is 24.9 Å². The number of rotatable bonds is 5. The summed E-state index contributed by atoms with van der Waals surface area (Å²) in [5.41, 5.74) is 1.62. The molecule has 6 heteroatoms. The van der Waals surface area contributed by atoms with Crippen molar-refractivity contribution in [2.75, 3.05) is 25.5 Å². The van der Waals surface area contributed by atoms with Gasteiger partial charge in [0.05, 0.1) is 18.7 Å². The highest BCUT2D eigenvalue weighted by molar-refractivity contribution is 6.35. The van der Waals surface area contributed by atoms with Crippen molar-refractivity contribution in [3.05, 3.63) is 58.1 Å². The van der Waals surface area contributed by atoms with Gasteiger partial charge in [0.15, 0.2) is 0 Å². The molecule has 138 valence electrons. The van der Waals surface area contributed by atoms with E-state index in [1.54, 1.807) is 7.11 Å². The lowest BCUT2D eigenvalue weighted by Gasteiger charge is -2.32. The number of para-hydroxylation sites is 2. The second kappa shape index (κ2) is 8.76. The molecular formula is C20H22Cl2N2O2. The van der Waals surface area contributed by atoms with Crippen LogP contribution in [-0.4, -0.2) is 31.0 Å². The summed E-state index contributed by atoms with van der Waals surface area (Å²) in [7, 11) is 1.60. The molecule has 2 aromatic carbocycles. The van der Waals surface area contributed by atoms with E-state index in [9.17, 15) is 4.79 Å². The van der Waals surface area contributed by atoms with Gasteiger partial charge >= 0.3 is 0 Å². The van der Waals surface area contributed by atoms with E-state index >= 15 is 0 Å². The first-order valence-corrected chi connectivity index (χ1v) is 9.43. The molecule has 1 saturated heterocycles. The molecule has 0 unspecified atom stereocenters. The van der Waals surface area contributed by atoms with E-state index in [1.807, 2.05) is 42.5 Å². The molecule has 1 amide bonds. The van der Waals surface area contributed by atoms with Crippen LogP contribution in [0, 0.1) is 5.92 Å². The molecule has 1 fully saturated rings. The van der Waals surface area contributed by atoms with Crippen LogP contribution in [0.2, 0.25) is 10.0 Å². The van der Waals surface area contributed by atoms with Gasteiger partial charge in [-0.2, -0.15) is 0 Å². The largest absolute Gasteiger partial charge is 0.495 e. The molecule has 0 aromatic heterocycles. The van der Waals surface area contributed by atoms with Crippen molar-refractivity contribution in [1.29, 1.82) is 0 Å². The summed E-state index contributed by atoms with van der Waals surface area (Å²) in [5.74, 6) is 0.607. The minimum atomic E-state index is -0.0741. The number of piperidine rings is 1. The molecule has 1 N–H and O–H groups in total. The second-order valence-corrected chi connectivity index (χ2v) is 7.28. The Kier molecular flexibility index (Phi) is 6.41. The molecular weight excluding hydrogens is 371 g/mol. The summed E-state index contributed by atoms with van der Waals surface area (Å²) < 4.78 is 5.31. The number of carbonyl (C=O) groups is 1. The average molecular weight is 393 g/mol. The van der Waals surface area contributed by atoms with Crippen LogP contribution in [0.5, 0.6) is 5.75 Å². The maximum Gasteiger partial charge on any atom is 0.228 e. The Hall–Kier alpha value is -1.75. The molecule has 0 radical (unpaired) electrons. The van der Waals surface area contributed by atoms with Crippen molar-refractivity contribution >= 4 is 34.8 Å². The Labute approximate surface area is 164 Å². The van der Waals surface area contributed by atoms with Gasteiger partial charge in [-0.1, -0.05) is 41.4 Å². The average Bonchev–Trinajstić information content (AvgIpc) is 2.65. The van der Waals surface area contributed by atoms with Crippen molar-refractivity contribution in [2.24, 2.45) is 5.92 Å². The zero-order valence-electron chi connectivity index (χ0n) is 14.7. The number of amides is 1. The third-order valence-electron chi connectivity index (χ3n) is 4.68. The Balaban J connectivity index is 1.65. The monoisotopic (exact) mass is 392 g/mol. The fourth-order valence-electron chi connectivity index (χ4n) is 3.30. The van der Waals surface area contributed by atoms with Crippen LogP contribution in [0.15, 0.2) is 42.5 Å². The van der Waals surface area contributed by atoms with Crippen LogP contribution < -0.4 is 10.1 Å². The fourth-order valence-corrected chi connectivity index (χ4v) is 3.82. The first-order valence-electron chi connectivity index (χ1n) is 8.67. The van der Waals surface area contributed by atoms with Gasteiger partial charge in [0.1, 0.15) is 5.75 Å². The molecule has 1 atom stereocenters. The van der Waals surface area contributed by atoms with Crippen LogP contribution >= 0.6 is 23.2 Å². The lowest BCUT2D eigenvalue weighted by Crippen LogP contribution is -2.40. The smallest absolute Gasteiger partial charge is 0.228 e. The summed E-state index contributed by atoms with van der Waals surface area (Å²) >= 11 is 12.6. The predicted molar refractivity (Wildman–Crippen MR) is 106 cm³/mol. The summed E-state index contributed by atoms with van der Waals surface area (Å²) in [5, 5.41) is 4.33. The van der Waals surface area contributed by atoms with Crippen LogP contribution in [0.25, 0.3) is 0 Å². The zero-order valence-corrected chi connectivity index (χ0v) is 16.2. The molecule has 26 heavy (non-hydrogen) atoms. The number of hydrogen-bond donors (Lipinski definition) is 1. The van der Waals surface area contributed by atoms with Crippen molar-refractivity contribution in [3.8, 4) is 5.75 Å². The quantitative estimate of drug-likeness (QED) is 0.790. The number of methoxy groups -OCH3 is 1. The molecule has 0 spiro atoms. The normalized spacial score (nSPS) is 17.7. The maximum atomic E-state index is 12.7. The summed E-state index contributed by atoms with van der Waals surface area (Å²) in [6.07, 6.45) is 1.83. The highest BCUT2D eigenvalue weighted by Crippen LogP contribution is 2.29. The Bertz CT molecular complexity index is 762. The van der Waals surface area contributed by atoms with Crippen molar-refractivity contribution in [1.82, 2.24) is 4.90 Å². The van der Waals surface area contributed by atoms with E-state index in [0.29, 0.717) is 34.6 Å². The van der Waals surface area contributed by atoms with Crippen molar-refractivity contribution in [3.63, 3.8) is 0 Å². The number of hydrogen-bond acceptors (Lipinski definition) is 3. The molecule has 0 saturated carbocycles. The van der Waals surface area contributed by atoms with E-state index in [1.165, 1.54) is 0 Å². The van der Waals surface area contributed by atoms with Gasteiger partial charge in [0.25, 0.3) is 0 Å². The summed E-state index contributed by atoms with van der Waals surface area (Å²) in [4.78, 5) is 15.0. The van der Waals surface area contributed by atoms with Crippen LogP contribution in [0.3, 0.4) is 0 Å². The Morgan fingerprint density at radius 2 is 1.92 bits per heavy atom. The summed E-state index contributed by atoms with van der Waals surface area (Å²) in [6.45, 7) is 2.26. The standard InChI is InChI=1S/C20H22Cl2N2O2/c1-26-19-10-3-2-9-18(19)23-20(25)14-6-5-11-24(12-14)13-15-16(21)7-4-8-17(15)22/h2-4,7-10,14H,5-6,11-13H2,1H3,(H,23,25)/t14-/m0/s1. The van der Waals surface area contributed by atoms with Gasteiger partial charge in [-0.3, -0.25) is 9.69 Å². The minimum Gasteiger partial charge on any atom is -0.495 e. The van der Waals surface area contributed by atoms with Crippen LogP contribution in [-0.2, 0) is 11.3 Å². The third kappa shape index (κ3) is 4.50. The molecule has 3 rings (SSSR count). The zero-order chi connectivity index (χ0) is 18.5. The SMILES string of the molecule is COc1ccccc1NC(=O)[C@H]1CCCN(Cc2c(Cl)cccc2Cl)C1. The first kappa shape index (κ1) is 19.0. The molecule has 1 heterocycles. The molecule has 2 aromatic rings.